The summed E-state index contributed by atoms with van der Waals surface area (Å²) in [6.45, 7) is 0.148. The molecule has 1 aromatic heterocycles. The fourth-order valence-corrected chi connectivity index (χ4v) is 5.85. The van der Waals surface area contributed by atoms with E-state index in [0.29, 0.717) is 0 Å². The molecule has 1 aliphatic rings. The van der Waals surface area contributed by atoms with Gasteiger partial charge in [0.1, 0.15) is 6.54 Å². The topological polar surface area (TPSA) is 88.5 Å². The number of aromatic nitrogens is 1. The van der Waals surface area contributed by atoms with Crippen molar-refractivity contribution in [2.75, 3.05) is 0 Å². The Hall–Kier alpha value is -3.23. The third-order valence-electron chi connectivity index (χ3n) is 6.28. The first kappa shape index (κ1) is 24.9. The molecule has 1 aliphatic carbocycles. The summed E-state index contributed by atoms with van der Waals surface area (Å²) in [5.41, 5.74) is 1.29. The van der Waals surface area contributed by atoms with Gasteiger partial charge in [0.15, 0.2) is 0 Å². The van der Waals surface area contributed by atoms with Crippen LogP contribution in [0.5, 0.6) is 0 Å². The maximum Gasteiger partial charge on any atom is 0.251 e. The van der Waals surface area contributed by atoms with Crippen molar-refractivity contribution in [1.29, 1.82) is 0 Å². The third-order valence-corrected chi connectivity index (χ3v) is 8.06. The second kappa shape index (κ2) is 11.5. The lowest BCUT2D eigenvalue weighted by Crippen LogP contribution is -2.40. The van der Waals surface area contributed by atoms with Crippen LogP contribution in [0, 0.1) is 0 Å². The van der Waals surface area contributed by atoms with E-state index in [9.17, 15) is 18.0 Å². The Morgan fingerprint density at radius 3 is 2.00 bits per heavy atom. The van der Waals surface area contributed by atoms with Gasteiger partial charge in [0, 0.05) is 31.4 Å². The molecule has 1 amide bonds. The molecule has 0 saturated heterocycles. The molecule has 0 spiro atoms. The van der Waals surface area contributed by atoms with Crippen LogP contribution in [0.1, 0.15) is 43.2 Å². The number of hydrogen-bond acceptors (Lipinski definition) is 4. The summed E-state index contributed by atoms with van der Waals surface area (Å²) in [5.74, 6) is -0.279. The highest BCUT2D eigenvalue weighted by Crippen LogP contribution is 2.21. The number of carbonyl (C=O) groups is 1. The summed E-state index contributed by atoms with van der Waals surface area (Å²) in [4.78, 5) is 25.0. The Morgan fingerprint density at radius 1 is 0.857 bits per heavy atom. The molecular formula is C27H31N3O4S. The maximum atomic E-state index is 13.7. The fourth-order valence-electron chi connectivity index (χ4n) is 4.41. The number of nitrogens with zero attached hydrogens (tertiary/aromatic N) is 2. The maximum absolute atomic E-state index is 13.7. The molecule has 1 fully saturated rings. The van der Waals surface area contributed by atoms with Crippen LogP contribution in [0.3, 0.4) is 0 Å². The average Bonchev–Trinajstić information content (AvgIpc) is 2.87. The first-order valence-corrected chi connectivity index (χ1v) is 13.4. The fraction of sp³-hybridized carbons (Fsp3) is 0.333. The minimum absolute atomic E-state index is 0.0190. The summed E-state index contributed by atoms with van der Waals surface area (Å²) in [6.07, 6.45) is 6.48. The van der Waals surface area contributed by atoms with Crippen LogP contribution in [0.2, 0.25) is 0 Å². The van der Waals surface area contributed by atoms with Gasteiger partial charge in [0.2, 0.25) is 15.9 Å². The number of carbonyl (C=O) groups excluding carboxylic acids is 1. The predicted molar refractivity (Wildman–Crippen MR) is 135 cm³/mol. The largest absolute Gasteiger partial charge is 0.352 e. The van der Waals surface area contributed by atoms with Crippen LogP contribution < -0.4 is 10.9 Å². The highest BCUT2D eigenvalue weighted by molar-refractivity contribution is 7.89. The summed E-state index contributed by atoms with van der Waals surface area (Å²) in [7, 11) is -3.96. The zero-order valence-corrected chi connectivity index (χ0v) is 20.5. The minimum Gasteiger partial charge on any atom is -0.352 e. The first-order chi connectivity index (χ1) is 16.9. The van der Waals surface area contributed by atoms with Crippen LogP contribution in [-0.4, -0.2) is 29.2 Å². The molecule has 0 radical (unpaired) electrons. The van der Waals surface area contributed by atoms with Gasteiger partial charge in [-0.25, -0.2) is 8.42 Å². The molecule has 1 saturated carbocycles. The Balaban J connectivity index is 1.58. The van der Waals surface area contributed by atoms with Crippen LogP contribution in [0.4, 0.5) is 0 Å². The summed E-state index contributed by atoms with van der Waals surface area (Å²) >= 11 is 0. The van der Waals surface area contributed by atoms with Crippen LogP contribution in [0.15, 0.2) is 88.7 Å². The molecule has 1 N–H and O–H groups in total. The Labute approximate surface area is 206 Å². The molecular weight excluding hydrogens is 462 g/mol. The van der Waals surface area contributed by atoms with Gasteiger partial charge in [0.05, 0.1) is 4.90 Å². The van der Waals surface area contributed by atoms with E-state index in [-0.39, 0.29) is 36.5 Å². The highest BCUT2D eigenvalue weighted by atomic mass is 32.2. The van der Waals surface area contributed by atoms with Crippen molar-refractivity contribution in [1.82, 2.24) is 14.2 Å². The van der Waals surface area contributed by atoms with E-state index in [2.05, 4.69) is 5.32 Å². The molecule has 1 heterocycles. The van der Waals surface area contributed by atoms with Crippen LogP contribution in [-0.2, 0) is 34.5 Å². The average molecular weight is 494 g/mol. The zero-order valence-electron chi connectivity index (χ0n) is 19.7. The normalized spacial score (nSPS) is 14.7. The summed E-state index contributed by atoms with van der Waals surface area (Å²) in [5, 5.41) is 2.98. The number of nitrogens with one attached hydrogen (secondary N) is 1. The van der Waals surface area contributed by atoms with Gasteiger partial charge in [0.25, 0.3) is 5.56 Å². The SMILES string of the molecule is O=C(Cn1cc(S(=O)(=O)N(Cc2ccccc2)Cc2ccccc2)ccc1=O)NC1CCCCC1. The molecule has 7 nitrogen and oxygen atoms in total. The van der Waals surface area contributed by atoms with Gasteiger partial charge in [-0.1, -0.05) is 79.9 Å². The lowest BCUT2D eigenvalue weighted by Gasteiger charge is -2.24. The number of benzene rings is 2. The predicted octanol–water partition coefficient (Wildman–Crippen LogP) is 3.69. The molecule has 0 aliphatic heterocycles. The standard InChI is InChI=1S/C27H31N3O4S/c31-26(28-24-14-8-3-9-15-24)21-29-20-25(16-17-27(29)32)35(33,34)30(18-22-10-4-1-5-11-22)19-23-12-6-2-7-13-23/h1-2,4-7,10-13,16-17,20,24H,3,8-9,14-15,18-19,21H2,(H,28,31). The van der Waals surface area contributed by atoms with Crippen molar-refractivity contribution < 1.29 is 13.2 Å². The lowest BCUT2D eigenvalue weighted by molar-refractivity contribution is -0.122. The van der Waals surface area contributed by atoms with E-state index in [0.717, 1.165) is 36.8 Å². The molecule has 2 aromatic carbocycles. The van der Waals surface area contributed by atoms with Gasteiger partial charge in [-0.2, -0.15) is 4.31 Å². The Bertz CT molecular complexity index is 1240. The first-order valence-electron chi connectivity index (χ1n) is 12.0. The summed E-state index contributed by atoms with van der Waals surface area (Å²) in [6, 6.07) is 21.4. The molecule has 3 aromatic rings. The molecule has 0 unspecified atom stereocenters. The second-order valence-electron chi connectivity index (χ2n) is 8.98. The van der Waals surface area contributed by atoms with Crippen molar-refractivity contribution in [2.24, 2.45) is 0 Å². The number of sulfonamides is 1. The number of pyridine rings is 1. The van der Waals surface area contributed by atoms with Crippen molar-refractivity contribution in [2.45, 2.75) is 62.7 Å². The van der Waals surface area contributed by atoms with E-state index in [1.54, 1.807) is 0 Å². The van der Waals surface area contributed by atoms with Gasteiger partial charge >= 0.3 is 0 Å². The van der Waals surface area contributed by atoms with Crippen molar-refractivity contribution in [3.63, 3.8) is 0 Å². The monoisotopic (exact) mass is 493 g/mol. The molecule has 35 heavy (non-hydrogen) atoms. The van der Waals surface area contributed by atoms with Gasteiger partial charge in [-0.15, -0.1) is 0 Å². The number of amides is 1. The number of hydrogen-bond donors (Lipinski definition) is 1. The number of rotatable bonds is 9. The van der Waals surface area contributed by atoms with Crippen LogP contribution >= 0.6 is 0 Å². The lowest BCUT2D eigenvalue weighted by atomic mass is 9.95. The van der Waals surface area contributed by atoms with Gasteiger partial charge in [-0.3, -0.25) is 9.59 Å². The summed E-state index contributed by atoms with van der Waals surface area (Å²) < 4.78 is 30.0. The Kier molecular flexibility index (Phi) is 8.15. The van der Waals surface area contributed by atoms with E-state index in [4.69, 9.17) is 0 Å². The van der Waals surface area contributed by atoms with E-state index < -0.39 is 15.6 Å². The molecule has 4 rings (SSSR count). The van der Waals surface area contributed by atoms with Crippen molar-refractivity contribution >= 4 is 15.9 Å². The smallest absolute Gasteiger partial charge is 0.251 e. The minimum atomic E-state index is -3.96. The quantitative estimate of drug-likeness (QED) is 0.492. The van der Waals surface area contributed by atoms with Crippen molar-refractivity contribution in [3.05, 3.63) is 100 Å². The Morgan fingerprint density at radius 2 is 1.43 bits per heavy atom. The third kappa shape index (κ3) is 6.68. The molecule has 8 heteroatoms. The molecule has 184 valence electrons. The van der Waals surface area contributed by atoms with Gasteiger partial charge < -0.3 is 9.88 Å². The van der Waals surface area contributed by atoms with Crippen LogP contribution in [0.25, 0.3) is 0 Å². The second-order valence-corrected chi connectivity index (χ2v) is 10.9. The molecule has 0 atom stereocenters. The van der Waals surface area contributed by atoms with E-state index in [1.165, 1.54) is 33.6 Å². The van der Waals surface area contributed by atoms with Gasteiger partial charge in [-0.05, 0) is 30.0 Å². The van der Waals surface area contributed by atoms with Crippen molar-refractivity contribution in [3.8, 4) is 0 Å². The molecule has 0 bridgehead atoms. The highest BCUT2D eigenvalue weighted by Gasteiger charge is 2.26. The zero-order chi connectivity index (χ0) is 24.7. The van der Waals surface area contributed by atoms with E-state index in [1.807, 2.05) is 60.7 Å². The van der Waals surface area contributed by atoms with E-state index >= 15 is 0 Å².